The van der Waals surface area contributed by atoms with E-state index in [0.29, 0.717) is 0 Å². The van der Waals surface area contributed by atoms with Crippen LogP contribution in [0, 0.1) is 10.1 Å². The van der Waals surface area contributed by atoms with Crippen LogP contribution < -0.4 is 4.72 Å². The van der Waals surface area contributed by atoms with E-state index in [1.54, 1.807) is 11.3 Å². The molecule has 0 saturated heterocycles. The summed E-state index contributed by atoms with van der Waals surface area (Å²) < 4.78 is 27.1. The van der Waals surface area contributed by atoms with E-state index in [1.807, 2.05) is 17.5 Å². The molecule has 1 saturated carbocycles. The summed E-state index contributed by atoms with van der Waals surface area (Å²) in [5, 5.41) is 12.7. The molecule has 8 heteroatoms. The summed E-state index contributed by atoms with van der Waals surface area (Å²) in [6.07, 6.45) is 0.759. The molecule has 1 aromatic carbocycles. The zero-order chi connectivity index (χ0) is 15.0. The number of benzene rings is 1. The second kappa shape index (κ2) is 5.21. The number of thiophene rings is 1. The minimum Gasteiger partial charge on any atom is -0.258 e. The summed E-state index contributed by atoms with van der Waals surface area (Å²) in [5.41, 5.74) is -0.233. The van der Waals surface area contributed by atoms with Gasteiger partial charge in [0.25, 0.3) is 5.69 Å². The lowest BCUT2D eigenvalue weighted by atomic mass is 10.3. The van der Waals surface area contributed by atoms with Crippen LogP contribution in [0.3, 0.4) is 0 Å². The van der Waals surface area contributed by atoms with Crippen molar-refractivity contribution in [2.45, 2.75) is 23.3 Å². The summed E-state index contributed by atoms with van der Waals surface area (Å²) in [5.74, 6) is 0.207. The number of nitrogens with zero attached hydrogens (tertiary/aromatic N) is 1. The van der Waals surface area contributed by atoms with Gasteiger partial charge in [-0.05, 0) is 23.9 Å². The van der Waals surface area contributed by atoms with Crippen LogP contribution in [-0.4, -0.2) is 19.4 Å². The number of hydrogen-bond acceptors (Lipinski definition) is 5. The van der Waals surface area contributed by atoms with Crippen molar-refractivity contribution in [2.75, 3.05) is 0 Å². The van der Waals surface area contributed by atoms with Crippen molar-refractivity contribution in [3.63, 3.8) is 0 Å². The average molecular weight is 324 g/mol. The van der Waals surface area contributed by atoms with Gasteiger partial charge in [0.1, 0.15) is 0 Å². The Hall–Kier alpha value is -1.77. The summed E-state index contributed by atoms with van der Waals surface area (Å²) in [7, 11) is -3.73. The normalized spacial score (nSPS) is 21.1. The van der Waals surface area contributed by atoms with E-state index in [2.05, 4.69) is 4.72 Å². The fraction of sp³-hybridized carbons (Fsp3) is 0.231. The van der Waals surface area contributed by atoms with Gasteiger partial charge >= 0.3 is 0 Å². The molecule has 1 aliphatic carbocycles. The molecule has 0 bridgehead atoms. The summed E-state index contributed by atoms with van der Waals surface area (Å²) in [6.45, 7) is 0. The molecular weight excluding hydrogens is 312 g/mol. The zero-order valence-corrected chi connectivity index (χ0v) is 12.4. The minimum absolute atomic E-state index is 0.0754. The predicted octanol–water partition coefficient (Wildman–Crippen LogP) is 2.49. The SMILES string of the molecule is O=[N+]([O-])c1cccc(S(=O)(=O)NC2CC2c2cccs2)c1. The topological polar surface area (TPSA) is 89.3 Å². The van der Waals surface area contributed by atoms with Crippen molar-refractivity contribution >= 4 is 27.0 Å². The van der Waals surface area contributed by atoms with E-state index in [4.69, 9.17) is 0 Å². The fourth-order valence-electron chi connectivity index (χ4n) is 2.17. The smallest absolute Gasteiger partial charge is 0.258 e. The Kier molecular flexibility index (Phi) is 3.52. The number of nitrogens with one attached hydrogen (secondary N) is 1. The summed E-state index contributed by atoms with van der Waals surface area (Å²) in [6, 6.07) is 8.86. The van der Waals surface area contributed by atoms with Crippen LogP contribution in [0.4, 0.5) is 5.69 Å². The fourth-order valence-corrected chi connectivity index (χ4v) is 4.41. The van der Waals surface area contributed by atoms with E-state index < -0.39 is 14.9 Å². The highest BCUT2D eigenvalue weighted by molar-refractivity contribution is 7.89. The molecule has 2 unspecified atom stereocenters. The number of hydrogen-bond donors (Lipinski definition) is 1. The second-order valence-electron chi connectivity index (χ2n) is 4.84. The van der Waals surface area contributed by atoms with Gasteiger partial charge < -0.3 is 0 Å². The highest BCUT2D eigenvalue weighted by Gasteiger charge is 2.42. The molecule has 0 radical (unpaired) electrons. The van der Waals surface area contributed by atoms with Gasteiger partial charge in [0.05, 0.1) is 9.82 Å². The largest absolute Gasteiger partial charge is 0.270 e. The van der Waals surface area contributed by atoms with E-state index >= 15 is 0 Å². The molecule has 110 valence electrons. The molecule has 0 spiro atoms. The van der Waals surface area contributed by atoms with Crippen LogP contribution in [0.15, 0.2) is 46.7 Å². The van der Waals surface area contributed by atoms with Crippen LogP contribution in [0.25, 0.3) is 0 Å². The van der Waals surface area contributed by atoms with Gasteiger partial charge in [0.15, 0.2) is 0 Å². The first-order chi connectivity index (χ1) is 9.97. The van der Waals surface area contributed by atoms with Gasteiger partial charge in [0.2, 0.25) is 10.0 Å². The first kappa shape index (κ1) is 14.2. The van der Waals surface area contributed by atoms with Crippen molar-refractivity contribution < 1.29 is 13.3 Å². The Morgan fingerprint density at radius 1 is 1.29 bits per heavy atom. The quantitative estimate of drug-likeness (QED) is 0.676. The molecule has 0 aliphatic heterocycles. The third kappa shape index (κ3) is 2.97. The Balaban J connectivity index is 1.76. The Morgan fingerprint density at radius 2 is 2.10 bits per heavy atom. The summed E-state index contributed by atoms with van der Waals surface area (Å²) >= 11 is 1.60. The number of non-ortho nitro benzene ring substituents is 1. The predicted molar refractivity (Wildman–Crippen MR) is 78.9 cm³/mol. The minimum atomic E-state index is -3.73. The first-order valence-corrected chi connectivity index (χ1v) is 8.64. The van der Waals surface area contributed by atoms with Crippen molar-refractivity contribution in [1.82, 2.24) is 4.72 Å². The average Bonchev–Trinajstić information content (AvgIpc) is 2.99. The molecule has 6 nitrogen and oxygen atoms in total. The lowest BCUT2D eigenvalue weighted by Crippen LogP contribution is -2.26. The van der Waals surface area contributed by atoms with E-state index in [9.17, 15) is 18.5 Å². The number of nitro benzene ring substituents is 1. The Labute approximate surface area is 125 Å². The van der Waals surface area contributed by atoms with E-state index in [-0.39, 0.29) is 22.5 Å². The van der Waals surface area contributed by atoms with E-state index in [0.717, 1.165) is 17.4 Å². The molecular formula is C13H12N2O4S2. The standard InChI is InChI=1S/C13H12N2O4S2/c16-15(17)9-3-1-4-10(7-9)21(18,19)14-12-8-11(12)13-5-2-6-20-13/h1-7,11-12,14H,8H2. The summed E-state index contributed by atoms with van der Waals surface area (Å²) in [4.78, 5) is 11.2. The lowest BCUT2D eigenvalue weighted by molar-refractivity contribution is -0.385. The third-order valence-electron chi connectivity index (χ3n) is 3.34. The van der Waals surface area contributed by atoms with Crippen LogP contribution in [-0.2, 0) is 10.0 Å². The molecule has 0 amide bonds. The van der Waals surface area contributed by atoms with Crippen LogP contribution >= 0.6 is 11.3 Å². The van der Waals surface area contributed by atoms with Crippen LogP contribution in [0.5, 0.6) is 0 Å². The van der Waals surface area contributed by atoms with Crippen molar-refractivity contribution in [1.29, 1.82) is 0 Å². The molecule has 1 aliphatic rings. The number of sulfonamides is 1. The maximum Gasteiger partial charge on any atom is 0.270 e. The molecule has 21 heavy (non-hydrogen) atoms. The molecule has 3 rings (SSSR count). The third-order valence-corrected chi connectivity index (χ3v) is 5.84. The van der Waals surface area contributed by atoms with Gasteiger partial charge in [-0.25, -0.2) is 13.1 Å². The van der Waals surface area contributed by atoms with E-state index in [1.165, 1.54) is 18.2 Å². The van der Waals surface area contributed by atoms with Crippen LogP contribution in [0.1, 0.15) is 17.2 Å². The molecule has 1 aromatic heterocycles. The Morgan fingerprint density at radius 3 is 2.76 bits per heavy atom. The van der Waals surface area contributed by atoms with Crippen molar-refractivity contribution in [2.24, 2.45) is 0 Å². The molecule has 1 heterocycles. The molecule has 2 aromatic rings. The van der Waals surface area contributed by atoms with Gasteiger partial charge in [-0.15, -0.1) is 11.3 Å². The maximum absolute atomic E-state index is 12.2. The molecule has 1 fully saturated rings. The Bertz CT molecular complexity index is 771. The number of nitro groups is 1. The van der Waals surface area contributed by atoms with Gasteiger partial charge in [-0.3, -0.25) is 10.1 Å². The van der Waals surface area contributed by atoms with Crippen molar-refractivity contribution in [3.8, 4) is 0 Å². The van der Waals surface area contributed by atoms with Crippen molar-refractivity contribution in [3.05, 3.63) is 56.8 Å². The molecule has 2 atom stereocenters. The number of rotatable bonds is 5. The highest BCUT2D eigenvalue weighted by atomic mass is 32.2. The second-order valence-corrected chi connectivity index (χ2v) is 7.53. The van der Waals surface area contributed by atoms with Crippen LogP contribution in [0.2, 0.25) is 0 Å². The highest BCUT2D eigenvalue weighted by Crippen LogP contribution is 2.43. The zero-order valence-electron chi connectivity index (χ0n) is 10.8. The lowest BCUT2D eigenvalue weighted by Gasteiger charge is -2.06. The molecule has 1 N–H and O–H groups in total. The van der Waals surface area contributed by atoms with Gasteiger partial charge in [-0.1, -0.05) is 12.1 Å². The maximum atomic E-state index is 12.2. The first-order valence-electron chi connectivity index (χ1n) is 6.27. The monoisotopic (exact) mass is 324 g/mol. The van der Waals surface area contributed by atoms with Gasteiger partial charge in [-0.2, -0.15) is 0 Å². The van der Waals surface area contributed by atoms with Gasteiger partial charge in [0, 0.05) is 29.0 Å².